The van der Waals surface area contributed by atoms with Crippen LogP contribution in [-0.2, 0) is 4.79 Å². The molecule has 0 aromatic carbocycles. The normalized spacial score (nSPS) is 28.9. The monoisotopic (exact) mass is 185 g/mol. The molecule has 1 aliphatic carbocycles. The standard InChI is InChI=1S/C10H19NO2/c1-7-4-9(7)6-11(3)8(2)5-10(12)13/h7-9H,4-6H2,1-3H3,(H,12,13). The molecule has 0 bridgehead atoms. The summed E-state index contributed by atoms with van der Waals surface area (Å²) in [6.07, 6.45) is 1.56. The number of aliphatic carboxylic acids is 1. The minimum atomic E-state index is -0.705. The molecule has 1 saturated carbocycles. The largest absolute Gasteiger partial charge is 0.481 e. The highest BCUT2D eigenvalue weighted by Crippen LogP contribution is 2.38. The molecule has 3 unspecified atom stereocenters. The highest BCUT2D eigenvalue weighted by Gasteiger charge is 2.33. The van der Waals surface area contributed by atoms with E-state index in [0.717, 1.165) is 18.4 Å². The zero-order valence-electron chi connectivity index (χ0n) is 8.66. The van der Waals surface area contributed by atoms with Gasteiger partial charge in [-0.1, -0.05) is 6.92 Å². The van der Waals surface area contributed by atoms with Crippen molar-refractivity contribution in [1.29, 1.82) is 0 Å². The van der Waals surface area contributed by atoms with Crippen LogP contribution in [0.4, 0.5) is 0 Å². The van der Waals surface area contributed by atoms with E-state index in [-0.39, 0.29) is 12.5 Å². The zero-order valence-corrected chi connectivity index (χ0v) is 8.66. The van der Waals surface area contributed by atoms with Crippen molar-refractivity contribution in [3.8, 4) is 0 Å². The first-order chi connectivity index (χ1) is 6.00. The van der Waals surface area contributed by atoms with Crippen molar-refractivity contribution in [1.82, 2.24) is 4.90 Å². The molecule has 1 fully saturated rings. The van der Waals surface area contributed by atoms with E-state index in [9.17, 15) is 4.79 Å². The highest BCUT2D eigenvalue weighted by molar-refractivity contribution is 5.67. The Labute approximate surface area is 79.7 Å². The molecule has 1 rings (SSSR count). The molecule has 3 nitrogen and oxygen atoms in total. The fourth-order valence-electron chi connectivity index (χ4n) is 1.61. The van der Waals surface area contributed by atoms with Crippen LogP contribution in [0, 0.1) is 11.8 Å². The molecular formula is C10H19NO2. The van der Waals surface area contributed by atoms with Crippen molar-refractivity contribution in [2.24, 2.45) is 11.8 Å². The van der Waals surface area contributed by atoms with Gasteiger partial charge in [-0.2, -0.15) is 0 Å². The van der Waals surface area contributed by atoms with Gasteiger partial charge >= 0.3 is 5.97 Å². The van der Waals surface area contributed by atoms with Gasteiger partial charge in [0.15, 0.2) is 0 Å². The van der Waals surface area contributed by atoms with Crippen LogP contribution in [0.5, 0.6) is 0 Å². The van der Waals surface area contributed by atoms with Crippen LogP contribution >= 0.6 is 0 Å². The Morgan fingerprint density at radius 3 is 2.62 bits per heavy atom. The second-order valence-corrected chi connectivity index (χ2v) is 4.36. The minimum absolute atomic E-state index is 0.158. The molecule has 76 valence electrons. The van der Waals surface area contributed by atoms with Crippen molar-refractivity contribution < 1.29 is 9.90 Å². The molecule has 1 N–H and O–H groups in total. The Kier molecular flexibility index (Phi) is 3.31. The summed E-state index contributed by atoms with van der Waals surface area (Å²) in [7, 11) is 2.01. The van der Waals surface area contributed by atoms with E-state index in [1.165, 1.54) is 6.42 Å². The van der Waals surface area contributed by atoms with Crippen LogP contribution in [0.3, 0.4) is 0 Å². The second kappa shape index (κ2) is 4.09. The second-order valence-electron chi connectivity index (χ2n) is 4.36. The zero-order chi connectivity index (χ0) is 10.0. The van der Waals surface area contributed by atoms with Crippen LogP contribution in [-0.4, -0.2) is 35.6 Å². The van der Waals surface area contributed by atoms with E-state index in [0.29, 0.717) is 0 Å². The molecular weight excluding hydrogens is 166 g/mol. The average molecular weight is 185 g/mol. The van der Waals surface area contributed by atoms with E-state index >= 15 is 0 Å². The summed E-state index contributed by atoms with van der Waals surface area (Å²) in [4.78, 5) is 12.6. The number of rotatable bonds is 5. The Bertz CT molecular complexity index is 193. The number of carboxylic acids is 1. The van der Waals surface area contributed by atoms with Gasteiger partial charge in [-0.05, 0) is 32.2 Å². The molecule has 3 atom stereocenters. The van der Waals surface area contributed by atoms with Gasteiger partial charge in [0.25, 0.3) is 0 Å². The fraction of sp³-hybridized carbons (Fsp3) is 0.900. The molecule has 3 heteroatoms. The average Bonchev–Trinajstić information content (AvgIpc) is 2.64. The van der Waals surface area contributed by atoms with Crippen LogP contribution in [0.15, 0.2) is 0 Å². The van der Waals surface area contributed by atoms with E-state index in [2.05, 4.69) is 11.8 Å². The van der Waals surface area contributed by atoms with Crippen LogP contribution < -0.4 is 0 Å². The van der Waals surface area contributed by atoms with Crippen molar-refractivity contribution in [3.63, 3.8) is 0 Å². The number of nitrogens with zero attached hydrogens (tertiary/aromatic N) is 1. The molecule has 13 heavy (non-hydrogen) atoms. The van der Waals surface area contributed by atoms with Gasteiger partial charge < -0.3 is 10.0 Å². The van der Waals surface area contributed by atoms with Crippen molar-refractivity contribution in [2.45, 2.75) is 32.7 Å². The summed E-state index contributed by atoms with van der Waals surface area (Å²) in [6.45, 7) is 5.27. The number of hydrogen-bond donors (Lipinski definition) is 1. The molecule has 0 aromatic rings. The molecule has 0 radical (unpaired) electrons. The van der Waals surface area contributed by atoms with Gasteiger partial charge in [-0.3, -0.25) is 4.79 Å². The molecule has 0 saturated heterocycles. The molecule has 0 aromatic heterocycles. The molecule has 0 spiro atoms. The summed E-state index contributed by atoms with van der Waals surface area (Å²) in [5, 5.41) is 8.61. The van der Waals surface area contributed by atoms with E-state index in [4.69, 9.17) is 5.11 Å². The Hall–Kier alpha value is -0.570. The van der Waals surface area contributed by atoms with Crippen molar-refractivity contribution in [2.75, 3.05) is 13.6 Å². The molecule has 0 aliphatic heterocycles. The van der Waals surface area contributed by atoms with Crippen molar-refractivity contribution in [3.05, 3.63) is 0 Å². The molecule has 1 aliphatic rings. The number of carboxylic acid groups (broad SMARTS) is 1. The smallest absolute Gasteiger partial charge is 0.304 e. The van der Waals surface area contributed by atoms with Gasteiger partial charge in [0.05, 0.1) is 6.42 Å². The van der Waals surface area contributed by atoms with Gasteiger partial charge in [0, 0.05) is 12.6 Å². The minimum Gasteiger partial charge on any atom is -0.481 e. The SMILES string of the molecule is CC1CC1CN(C)C(C)CC(=O)O. The van der Waals surface area contributed by atoms with E-state index in [1.807, 2.05) is 14.0 Å². The maximum Gasteiger partial charge on any atom is 0.304 e. The Balaban J connectivity index is 2.21. The number of carbonyl (C=O) groups is 1. The Morgan fingerprint density at radius 1 is 1.69 bits per heavy atom. The van der Waals surface area contributed by atoms with Crippen LogP contribution in [0.2, 0.25) is 0 Å². The topological polar surface area (TPSA) is 40.5 Å². The molecule has 0 heterocycles. The summed E-state index contributed by atoms with van der Waals surface area (Å²) in [6, 6.07) is 0.158. The van der Waals surface area contributed by atoms with Crippen LogP contribution in [0.25, 0.3) is 0 Å². The maximum absolute atomic E-state index is 10.5. The predicted octanol–water partition coefficient (Wildman–Crippen LogP) is 1.44. The van der Waals surface area contributed by atoms with Crippen LogP contribution in [0.1, 0.15) is 26.7 Å². The van der Waals surface area contributed by atoms with Gasteiger partial charge in [0.2, 0.25) is 0 Å². The maximum atomic E-state index is 10.5. The first-order valence-electron chi connectivity index (χ1n) is 4.92. The molecule has 0 amide bonds. The first kappa shape index (κ1) is 10.5. The predicted molar refractivity (Wildman–Crippen MR) is 51.6 cm³/mol. The summed E-state index contributed by atoms with van der Waals surface area (Å²) >= 11 is 0. The van der Waals surface area contributed by atoms with Crippen molar-refractivity contribution >= 4 is 5.97 Å². The van der Waals surface area contributed by atoms with Gasteiger partial charge in [0.1, 0.15) is 0 Å². The lowest BCUT2D eigenvalue weighted by molar-refractivity contribution is -0.138. The third-order valence-electron chi connectivity index (χ3n) is 3.02. The van der Waals surface area contributed by atoms with E-state index < -0.39 is 5.97 Å². The Morgan fingerprint density at radius 2 is 2.23 bits per heavy atom. The van der Waals surface area contributed by atoms with Gasteiger partial charge in [-0.25, -0.2) is 0 Å². The summed E-state index contributed by atoms with van der Waals surface area (Å²) in [5.74, 6) is 0.948. The highest BCUT2D eigenvalue weighted by atomic mass is 16.4. The quantitative estimate of drug-likeness (QED) is 0.704. The lowest BCUT2D eigenvalue weighted by atomic mass is 10.2. The summed E-state index contributed by atoms with van der Waals surface area (Å²) in [5.41, 5.74) is 0. The lowest BCUT2D eigenvalue weighted by Gasteiger charge is -2.23. The summed E-state index contributed by atoms with van der Waals surface area (Å²) < 4.78 is 0. The number of hydrogen-bond acceptors (Lipinski definition) is 2. The third kappa shape index (κ3) is 3.35. The lowest BCUT2D eigenvalue weighted by Crippen LogP contribution is -2.32. The first-order valence-corrected chi connectivity index (χ1v) is 4.92. The van der Waals surface area contributed by atoms with Gasteiger partial charge in [-0.15, -0.1) is 0 Å². The van der Waals surface area contributed by atoms with E-state index in [1.54, 1.807) is 0 Å². The fourth-order valence-corrected chi connectivity index (χ4v) is 1.61. The third-order valence-corrected chi connectivity index (χ3v) is 3.02.